The van der Waals surface area contributed by atoms with Crippen LogP contribution in [-0.4, -0.2) is 24.9 Å². The smallest absolute Gasteiger partial charge is 0.162 e. The zero-order chi connectivity index (χ0) is 25.9. The Morgan fingerprint density at radius 3 is 1.45 bits per heavy atom. The SMILES string of the molecule is Cc1nc(C)nc(-c2c(-c3c[c-]c(-c4ccccn4)cc3)cccc2-c2c[c-]c(-c3ccccn3)cc2)n1.[Ir].[Rh]. The molecule has 0 saturated carbocycles. The first-order valence-electron chi connectivity index (χ1n) is 12.4. The predicted octanol–water partition coefficient (Wildman–Crippen LogP) is 7.21. The molecule has 3 aromatic carbocycles. The van der Waals surface area contributed by atoms with Gasteiger partial charge in [-0.15, -0.1) is 59.7 Å². The second-order valence-electron chi connectivity index (χ2n) is 8.89. The van der Waals surface area contributed by atoms with Gasteiger partial charge in [-0.05, 0) is 48.5 Å². The topological polar surface area (TPSA) is 64.5 Å². The van der Waals surface area contributed by atoms with Crippen molar-refractivity contribution in [3.05, 3.63) is 127 Å². The van der Waals surface area contributed by atoms with Gasteiger partial charge in [0, 0.05) is 57.5 Å². The van der Waals surface area contributed by atoms with Gasteiger partial charge in [0.05, 0.1) is 0 Å². The zero-order valence-corrected chi connectivity index (χ0v) is 25.8. The van der Waals surface area contributed by atoms with Gasteiger partial charge in [-0.25, -0.2) is 15.0 Å². The van der Waals surface area contributed by atoms with Crippen LogP contribution in [0.1, 0.15) is 11.6 Å². The number of aryl methyl sites for hydroxylation is 2. The Morgan fingerprint density at radius 2 is 1.05 bits per heavy atom. The van der Waals surface area contributed by atoms with Crippen LogP contribution in [0.25, 0.3) is 56.2 Å². The van der Waals surface area contributed by atoms with E-state index in [0.717, 1.165) is 50.3 Å². The maximum absolute atomic E-state index is 4.74. The summed E-state index contributed by atoms with van der Waals surface area (Å²) in [5.74, 6) is 2.01. The van der Waals surface area contributed by atoms with E-state index in [1.54, 1.807) is 12.4 Å². The molecule has 0 aliphatic heterocycles. The Kier molecular flexibility index (Phi) is 9.55. The number of pyridine rings is 2. The van der Waals surface area contributed by atoms with E-state index in [1.165, 1.54) is 0 Å². The molecule has 0 amide bonds. The normalized spacial score (nSPS) is 10.3. The molecule has 6 aromatic rings. The minimum atomic E-state index is 0. The van der Waals surface area contributed by atoms with E-state index >= 15 is 0 Å². The molecular formula is C33H23IrN5Rh-2. The van der Waals surface area contributed by atoms with Crippen molar-refractivity contribution in [2.75, 3.05) is 0 Å². The molecule has 0 atom stereocenters. The molecule has 3 aromatic heterocycles. The van der Waals surface area contributed by atoms with E-state index in [2.05, 4.69) is 57.4 Å². The van der Waals surface area contributed by atoms with Crippen molar-refractivity contribution >= 4 is 0 Å². The third-order valence-electron chi connectivity index (χ3n) is 6.28. The van der Waals surface area contributed by atoms with E-state index in [4.69, 9.17) is 9.97 Å². The third-order valence-corrected chi connectivity index (χ3v) is 6.28. The van der Waals surface area contributed by atoms with Gasteiger partial charge >= 0.3 is 0 Å². The summed E-state index contributed by atoms with van der Waals surface area (Å²) in [6, 6.07) is 37.1. The van der Waals surface area contributed by atoms with Crippen molar-refractivity contribution in [2.45, 2.75) is 13.8 Å². The van der Waals surface area contributed by atoms with Crippen LogP contribution >= 0.6 is 0 Å². The number of aromatic nitrogens is 5. The first-order valence-corrected chi connectivity index (χ1v) is 12.4. The number of hydrogen-bond acceptors (Lipinski definition) is 5. The van der Waals surface area contributed by atoms with Gasteiger partial charge in [-0.3, -0.25) is 0 Å². The predicted molar refractivity (Wildman–Crippen MR) is 150 cm³/mol. The zero-order valence-electron chi connectivity index (χ0n) is 21.7. The van der Waals surface area contributed by atoms with Crippen LogP contribution in [0.5, 0.6) is 0 Å². The van der Waals surface area contributed by atoms with Crippen LogP contribution in [0.2, 0.25) is 0 Å². The van der Waals surface area contributed by atoms with Gasteiger partial charge in [0.25, 0.3) is 0 Å². The summed E-state index contributed by atoms with van der Waals surface area (Å²) in [7, 11) is 0. The van der Waals surface area contributed by atoms with Gasteiger partial charge < -0.3 is 9.97 Å². The largest absolute Gasteiger partial charge is 0.305 e. The quantitative estimate of drug-likeness (QED) is 0.137. The molecular weight excluding hydrogens is 762 g/mol. The molecule has 0 bridgehead atoms. The van der Waals surface area contributed by atoms with Crippen molar-refractivity contribution in [3.63, 3.8) is 0 Å². The van der Waals surface area contributed by atoms with E-state index in [9.17, 15) is 0 Å². The Hall–Kier alpha value is -3.76. The molecule has 0 spiro atoms. The minimum Gasteiger partial charge on any atom is -0.305 e. The standard InChI is InChI=1S/C33H23N5.Ir.Rh/c1-22-36-23(2)38-33(37-22)32-28(24-12-16-26(17-13-24)30-10-3-5-20-34-30)8-7-9-29(32)25-14-18-27(19-15-25)31-11-4-6-21-35-31;;/h3-16,18,20-21H,1-2H3;;/q-2;;. The molecule has 200 valence electrons. The van der Waals surface area contributed by atoms with E-state index in [-0.39, 0.29) is 39.6 Å². The molecule has 3 heterocycles. The number of nitrogens with zero attached hydrogens (tertiary/aromatic N) is 5. The summed E-state index contributed by atoms with van der Waals surface area (Å²) < 4.78 is 0. The van der Waals surface area contributed by atoms with Gasteiger partial charge in [-0.2, -0.15) is 0 Å². The van der Waals surface area contributed by atoms with Crippen LogP contribution in [0, 0.1) is 26.0 Å². The molecule has 0 aliphatic rings. The fourth-order valence-electron chi connectivity index (χ4n) is 4.55. The molecule has 7 heteroatoms. The molecule has 6 rings (SSSR count). The Bertz CT molecular complexity index is 1590. The first kappa shape index (κ1) is 29.2. The van der Waals surface area contributed by atoms with Crippen molar-refractivity contribution in [2.24, 2.45) is 0 Å². The molecule has 0 fully saturated rings. The Labute approximate surface area is 260 Å². The molecule has 40 heavy (non-hydrogen) atoms. The third kappa shape index (κ3) is 6.18. The number of benzene rings is 3. The maximum Gasteiger partial charge on any atom is 0.162 e. The van der Waals surface area contributed by atoms with Crippen LogP contribution in [0.15, 0.2) is 103 Å². The molecule has 0 saturated heterocycles. The fourth-order valence-corrected chi connectivity index (χ4v) is 4.55. The number of rotatable bonds is 5. The van der Waals surface area contributed by atoms with Crippen LogP contribution in [0.4, 0.5) is 0 Å². The summed E-state index contributed by atoms with van der Waals surface area (Å²) in [5.41, 5.74) is 8.68. The summed E-state index contributed by atoms with van der Waals surface area (Å²) >= 11 is 0. The second kappa shape index (κ2) is 13.1. The Balaban J connectivity index is 0.00000185. The average molecular weight is 785 g/mol. The van der Waals surface area contributed by atoms with Crippen LogP contribution < -0.4 is 0 Å². The monoisotopic (exact) mass is 785 g/mol. The molecule has 0 N–H and O–H groups in total. The van der Waals surface area contributed by atoms with Gasteiger partial charge in [0.1, 0.15) is 11.6 Å². The maximum atomic E-state index is 4.74. The van der Waals surface area contributed by atoms with Gasteiger partial charge in [0.15, 0.2) is 5.82 Å². The summed E-state index contributed by atoms with van der Waals surface area (Å²) in [5, 5.41) is 0. The molecule has 0 unspecified atom stereocenters. The van der Waals surface area contributed by atoms with Gasteiger partial charge in [-0.1, -0.05) is 53.6 Å². The van der Waals surface area contributed by atoms with E-state index in [0.29, 0.717) is 17.5 Å². The minimum absolute atomic E-state index is 0. The van der Waals surface area contributed by atoms with E-state index < -0.39 is 0 Å². The van der Waals surface area contributed by atoms with Gasteiger partial charge in [0.2, 0.25) is 0 Å². The molecule has 5 nitrogen and oxygen atoms in total. The van der Waals surface area contributed by atoms with Crippen LogP contribution in [-0.2, 0) is 39.6 Å². The molecule has 0 aliphatic carbocycles. The second-order valence-corrected chi connectivity index (χ2v) is 8.89. The number of hydrogen-bond donors (Lipinski definition) is 0. The van der Waals surface area contributed by atoms with Crippen molar-refractivity contribution in [1.82, 2.24) is 24.9 Å². The van der Waals surface area contributed by atoms with E-state index in [1.807, 2.05) is 74.5 Å². The summed E-state index contributed by atoms with van der Waals surface area (Å²) in [6.45, 7) is 3.79. The molecule has 2 radical (unpaired) electrons. The first-order chi connectivity index (χ1) is 18.7. The summed E-state index contributed by atoms with van der Waals surface area (Å²) in [6.07, 6.45) is 3.58. The fraction of sp³-hybridized carbons (Fsp3) is 0.0606. The van der Waals surface area contributed by atoms with Crippen LogP contribution in [0.3, 0.4) is 0 Å². The van der Waals surface area contributed by atoms with Crippen molar-refractivity contribution in [1.29, 1.82) is 0 Å². The average Bonchev–Trinajstić information content (AvgIpc) is 2.97. The van der Waals surface area contributed by atoms with Crippen molar-refractivity contribution < 1.29 is 39.6 Å². The van der Waals surface area contributed by atoms with Crippen molar-refractivity contribution in [3.8, 4) is 56.2 Å². The Morgan fingerprint density at radius 1 is 0.550 bits per heavy atom. The summed E-state index contributed by atoms with van der Waals surface area (Å²) in [4.78, 5) is 22.8.